The van der Waals surface area contributed by atoms with E-state index in [0.29, 0.717) is 12.1 Å². The number of aromatic nitrogens is 2. The smallest absolute Gasteiger partial charge is 0.306 e. The highest BCUT2D eigenvalue weighted by Gasteiger charge is 2.25. The first-order chi connectivity index (χ1) is 10.2. The highest BCUT2D eigenvalue weighted by molar-refractivity contribution is 5.70. The van der Waals surface area contributed by atoms with E-state index < -0.39 is 5.97 Å². The highest BCUT2D eigenvalue weighted by Crippen LogP contribution is 2.29. The van der Waals surface area contributed by atoms with E-state index in [4.69, 9.17) is 5.11 Å². The summed E-state index contributed by atoms with van der Waals surface area (Å²) in [7, 11) is 0. The quantitative estimate of drug-likeness (QED) is 0.875. The van der Waals surface area contributed by atoms with E-state index in [2.05, 4.69) is 27.4 Å². The summed E-state index contributed by atoms with van der Waals surface area (Å²) in [5, 5.41) is 17.2. The topological polar surface area (TPSA) is 67.2 Å². The Hall–Kier alpha value is -1.36. The molecule has 0 spiro atoms. The number of carbonyl (C=O) groups is 1. The minimum atomic E-state index is -0.635. The Labute approximate surface area is 125 Å². The molecule has 5 nitrogen and oxygen atoms in total. The van der Waals surface area contributed by atoms with Gasteiger partial charge in [0, 0.05) is 18.8 Å². The first-order valence-corrected chi connectivity index (χ1v) is 8.22. The summed E-state index contributed by atoms with van der Waals surface area (Å²) >= 11 is 0. The van der Waals surface area contributed by atoms with E-state index in [9.17, 15) is 4.79 Å². The van der Waals surface area contributed by atoms with E-state index in [1.807, 2.05) is 0 Å². The van der Waals surface area contributed by atoms with Gasteiger partial charge in [-0.1, -0.05) is 12.8 Å². The second-order valence-electron chi connectivity index (χ2n) is 6.49. The summed E-state index contributed by atoms with van der Waals surface area (Å²) in [6.07, 6.45) is 10.8. The number of hydrogen-bond acceptors (Lipinski definition) is 3. The second-order valence-corrected chi connectivity index (χ2v) is 6.49. The molecule has 0 amide bonds. The molecule has 1 heterocycles. The fourth-order valence-electron chi connectivity index (χ4n) is 3.64. The summed E-state index contributed by atoms with van der Waals surface area (Å²) < 4.78 is 2.13. The zero-order chi connectivity index (χ0) is 14.7. The van der Waals surface area contributed by atoms with Crippen molar-refractivity contribution in [1.82, 2.24) is 15.1 Å². The molecule has 0 atom stereocenters. The van der Waals surface area contributed by atoms with Crippen LogP contribution in [0, 0.1) is 5.92 Å². The van der Waals surface area contributed by atoms with Crippen LogP contribution in [0.5, 0.6) is 0 Å². The Morgan fingerprint density at radius 2 is 1.95 bits per heavy atom. The minimum Gasteiger partial charge on any atom is -0.481 e. The van der Waals surface area contributed by atoms with Crippen LogP contribution in [-0.4, -0.2) is 26.9 Å². The summed E-state index contributed by atoms with van der Waals surface area (Å²) in [6, 6.07) is 3.15. The Bertz CT molecular complexity index is 472. The largest absolute Gasteiger partial charge is 0.481 e. The van der Waals surface area contributed by atoms with Gasteiger partial charge in [-0.3, -0.25) is 9.48 Å². The molecule has 0 radical (unpaired) electrons. The standard InChI is InChI=1S/C16H25N3O2/c20-16(21)12-5-7-13(8-6-12)17-11-14-9-10-19(18-14)15-3-1-2-4-15/h9-10,12-13,15,17H,1-8,11H2,(H,20,21). The zero-order valence-corrected chi connectivity index (χ0v) is 12.5. The van der Waals surface area contributed by atoms with Crippen LogP contribution in [-0.2, 0) is 11.3 Å². The van der Waals surface area contributed by atoms with E-state index in [0.717, 1.165) is 37.9 Å². The molecule has 1 aromatic heterocycles. The average molecular weight is 291 g/mol. The van der Waals surface area contributed by atoms with Crippen molar-refractivity contribution >= 4 is 5.97 Å². The maximum Gasteiger partial charge on any atom is 0.306 e. The fourth-order valence-corrected chi connectivity index (χ4v) is 3.64. The van der Waals surface area contributed by atoms with Crippen molar-refractivity contribution in [1.29, 1.82) is 0 Å². The SMILES string of the molecule is O=C(O)C1CCC(NCc2ccn(C3CCCC3)n2)CC1. The predicted octanol–water partition coefficient (Wildman–Crippen LogP) is 2.73. The molecule has 0 aliphatic heterocycles. The Balaban J connectivity index is 1.44. The van der Waals surface area contributed by atoms with Gasteiger partial charge in [-0.2, -0.15) is 5.10 Å². The summed E-state index contributed by atoms with van der Waals surface area (Å²) in [5.41, 5.74) is 1.10. The molecule has 3 rings (SSSR count). The molecule has 21 heavy (non-hydrogen) atoms. The van der Waals surface area contributed by atoms with Crippen molar-refractivity contribution in [3.8, 4) is 0 Å². The molecular formula is C16H25N3O2. The van der Waals surface area contributed by atoms with Crippen molar-refractivity contribution in [3.63, 3.8) is 0 Å². The van der Waals surface area contributed by atoms with Gasteiger partial charge in [-0.25, -0.2) is 0 Å². The van der Waals surface area contributed by atoms with E-state index in [1.165, 1.54) is 25.7 Å². The van der Waals surface area contributed by atoms with Crippen molar-refractivity contribution in [2.45, 2.75) is 70.0 Å². The molecule has 2 N–H and O–H groups in total. The van der Waals surface area contributed by atoms with Crippen molar-refractivity contribution in [2.24, 2.45) is 5.92 Å². The molecule has 0 bridgehead atoms. The second kappa shape index (κ2) is 6.60. The van der Waals surface area contributed by atoms with Gasteiger partial charge < -0.3 is 10.4 Å². The molecule has 0 aromatic carbocycles. The molecular weight excluding hydrogens is 266 g/mol. The van der Waals surface area contributed by atoms with Gasteiger partial charge in [0.25, 0.3) is 0 Å². The van der Waals surface area contributed by atoms with Crippen LogP contribution in [0.1, 0.15) is 63.1 Å². The molecule has 2 aliphatic rings. The summed E-state index contributed by atoms with van der Waals surface area (Å²) in [5.74, 6) is -0.770. The fraction of sp³-hybridized carbons (Fsp3) is 0.750. The van der Waals surface area contributed by atoms with Crippen LogP contribution in [0.15, 0.2) is 12.3 Å². The van der Waals surface area contributed by atoms with Gasteiger partial charge in [0.05, 0.1) is 17.7 Å². The van der Waals surface area contributed by atoms with Crippen LogP contribution >= 0.6 is 0 Å². The molecule has 0 unspecified atom stereocenters. The van der Waals surface area contributed by atoms with E-state index in [1.54, 1.807) is 0 Å². The lowest BCUT2D eigenvalue weighted by molar-refractivity contribution is -0.142. The molecule has 116 valence electrons. The van der Waals surface area contributed by atoms with Gasteiger partial charge in [-0.05, 0) is 44.6 Å². The number of rotatable bonds is 5. The third-order valence-electron chi connectivity index (χ3n) is 5.01. The molecule has 2 fully saturated rings. The average Bonchev–Trinajstić information content (AvgIpc) is 3.16. The third kappa shape index (κ3) is 3.64. The van der Waals surface area contributed by atoms with Crippen molar-refractivity contribution < 1.29 is 9.90 Å². The van der Waals surface area contributed by atoms with Crippen LogP contribution in [0.4, 0.5) is 0 Å². The summed E-state index contributed by atoms with van der Waals surface area (Å²) in [4.78, 5) is 10.9. The van der Waals surface area contributed by atoms with E-state index >= 15 is 0 Å². The van der Waals surface area contributed by atoms with Crippen LogP contribution in [0.3, 0.4) is 0 Å². The number of nitrogens with zero attached hydrogens (tertiary/aromatic N) is 2. The third-order valence-corrected chi connectivity index (χ3v) is 5.01. The summed E-state index contributed by atoms with van der Waals surface area (Å²) in [6.45, 7) is 0.794. The normalized spacial score (nSPS) is 27.0. The predicted molar refractivity (Wildman–Crippen MR) is 80.0 cm³/mol. The Morgan fingerprint density at radius 3 is 2.62 bits per heavy atom. The zero-order valence-electron chi connectivity index (χ0n) is 12.5. The maximum absolute atomic E-state index is 10.9. The van der Waals surface area contributed by atoms with Gasteiger partial charge in [-0.15, -0.1) is 0 Å². The highest BCUT2D eigenvalue weighted by atomic mass is 16.4. The number of aliphatic carboxylic acids is 1. The Kier molecular flexibility index (Phi) is 4.58. The molecule has 5 heteroatoms. The monoisotopic (exact) mass is 291 g/mol. The molecule has 2 saturated carbocycles. The van der Waals surface area contributed by atoms with Crippen LogP contribution in [0.2, 0.25) is 0 Å². The molecule has 2 aliphatic carbocycles. The number of nitrogens with one attached hydrogen (secondary N) is 1. The molecule has 1 aromatic rings. The first kappa shape index (κ1) is 14.6. The van der Waals surface area contributed by atoms with Crippen LogP contribution < -0.4 is 5.32 Å². The molecule has 0 saturated heterocycles. The number of carboxylic acids is 1. The van der Waals surface area contributed by atoms with Gasteiger partial charge in [0.15, 0.2) is 0 Å². The lowest BCUT2D eigenvalue weighted by Crippen LogP contribution is -2.34. The van der Waals surface area contributed by atoms with Crippen molar-refractivity contribution in [3.05, 3.63) is 18.0 Å². The van der Waals surface area contributed by atoms with E-state index in [-0.39, 0.29) is 5.92 Å². The lowest BCUT2D eigenvalue weighted by atomic mass is 9.86. The number of carboxylic acid groups (broad SMARTS) is 1. The van der Waals surface area contributed by atoms with Crippen LogP contribution in [0.25, 0.3) is 0 Å². The van der Waals surface area contributed by atoms with Crippen molar-refractivity contribution in [2.75, 3.05) is 0 Å². The lowest BCUT2D eigenvalue weighted by Gasteiger charge is -2.26. The van der Waals surface area contributed by atoms with Gasteiger partial charge in [0.1, 0.15) is 0 Å². The van der Waals surface area contributed by atoms with Gasteiger partial charge >= 0.3 is 5.97 Å². The number of hydrogen-bond donors (Lipinski definition) is 2. The minimum absolute atomic E-state index is 0.135. The van der Waals surface area contributed by atoms with Gasteiger partial charge in [0.2, 0.25) is 0 Å². The first-order valence-electron chi connectivity index (χ1n) is 8.22. The maximum atomic E-state index is 10.9. The Morgan fingerprint density at radius 1 is 1.24 bits per heavy atom.